The zero-order valence-corrected chi connectivity index (χ0v) is 10.5. The average Bonchev–Trinajstić information content (AvgIpc) is 1.97. The summed E-state index contributed by atoms with van der Waals surface area (Å²) in [5, 5.41) is 0. The van der Waals surface area contributed by atoms with E-state index in [0.717, 1.165) is 0 Å². The van der Waals surface area contributed by atoms with E-state index >= 15 is 0 Å². The summed E-state index contributed by atoms with van der Waals surface area (Å²) >= 11 is 0. The van der Waals surface area contributed by atoms with E-state index in [9.17, 15) is 0 Å². The maximum atomic E-state index is 5.40. The van der Waals surface area contributed by atoms with E-state index in [4.69, 9.17) is 9.47 Å². The van der Waals surface area contributed by atoms with Gasteiger partial charge in [0.15, 0.2) is 5.79 Å². The van der Waals surface area contributed by atoms with Gasteiger partial charge < -0.3 is 9.47 Å². The fourth-order valence-corrected chi connectivity index (χ4v) is 1.17. The molecule has 0 spiro atoms. The topological polar surface area (TPSA) is 18.5 Å². The van der Waals surface area contributed by atoms with Crippen molar-refractivity contribution >= 4 is 8.07 Å². The molecule has 3 heteroatoms. The standard InChI is InChI=1S/C10H20O2Si/c1-10(2,11-3)12-8-7-9-13(4,5)6/h8H2,1-6H3. The molecule has 76 valence electrons. The van der Waals surface area contributed by atoms with Crippen LogP contribution in [0.3, 0.4) is 0 Å². The van der Waals surface area contributed by atoms with Crippen LogP contribution in [0.1, 0.15) is 13.8 Å². The van der Waals surface area contributed by atoms with E-state index in [1.54, 1.807) is 7.11 Å². The molecule has 0 aliphatic carbocycles. The van der Waals surface area contributed by atoms with Gasteiger partial charge in [-0.15, -0.1) is 5.54 Å². The maximum Gasteiger partial charge on any atom is 0.163 e. The molecule has 0 aromatic heterocycles. The Morgan fingerprint density at radius 1 is 1.23 bits per heavy atom. The number of rotatable bonds is 3. The van der Waals surface area contributed by atoms with E-state index in [1.807, 2.05) is 13.8 Å². The van der Waals surface area contributed by atoms with Crippen LogP contribution in [-0.2, 0) is 9.47 Å². The fourth-order valence-electron chi connectivity index (χ4n) is 0.570. The van der Waals surface area contributed by atoms with E-state index in [1.165, 1.54) is 0 Å². The quantitative estimate of drug-likeness (QED) is 0.395. The minimum Gasteiger partial charge on any atom is -0.354 e. The van der Waals surface area contributed by atoms with Gasteiger partial charge in [-0.25, -0.2) is 0 Å². The summed E-state index contributed by atoms with van der Waals surface area (Å²) in [5.74, 6) is 2.51. The lowest BCUT2D eigenvalue weighted by Gasteiger charge is -2.21. The van der Waals surface area contributed by atoms with E-state index < -0.39 is 13.9 Å². The molecule has 2 nitrogen and oxygen atoms in total. The molecule has 0 aromatic carbocycles. The Morgan fingerprint density at radius 3 is 2.15 bits per heavy atom. The van der Waals surface area contributed by atoms with Crippen molar-refractivity contribution in [2.24, 2.45) is 0 Å². The van der Waals surface area contributed by atoms with Crippen molar-refractivity contribution in [3.63, 3.8) is 0 Å². The smallest absolute Gasteiger partial charge is 0.163 e. The first kappa shape index (κ1) is 12.7. The second-order valence-electron chi connectivity index (χ2n) is 4.44. The number of hydrogen-bond donors (Lipinski definition) is 0. The van der Waals surface area contributed by atoms with Gasteiger partial charge in [0.2, 0.25) is 0 Å². The second-order valence-corrected chi connectivity index (χ2v) is 9.19. The summed E-state index contributed by atoms with van der Waals surface area (Å²) in [6.45, 7) is 10.8. The predicted octanol–water partition coefficient (Wildman–Crippen LogP) is 2.27. The Morgan fingerprint density at radius 2 is 1.77 bits per heavy atom. The van der Waals surface area contributed by atoms with Gasteiger partial charge in [0.1, 0.15) is 14.7 Å². The molecule has 0 aromatic rings. The third-order valence-electron chi connectivity index (χ3n) is 1.45. The average molecular weight is 200 g/mol. The molecule has 0 amide bonds. The Labute approximate surface area is 82.6 Å². The molecule has 0 atom stereocenters. The first-order valence-electron chi connectivity index (χ1n) is 4.46. The molecule has 0 saturated heterocycles. The minimum atomic E-state index is -1.25. The van der Waals surface area contributed by atoms with Gasteiger partial charge in [-0.3, -0.25) is 0 Å². The number of hydrogen-bond acceptors (Lipinski definition) is 2. The lowest BCUT2D eigenvalue weighted by Crippen LogP contribution is -2.27. The van der Waals surface area contributed by atoms with E-state index in [-0.39, 0.29) is 0 Å². The molecule has 0 heterocycles. The van der Waals surface area contributed by atoms with Crippen LogP contribution in [-0.4, -0.2) is 27.6 Å². The molecule has 0 rings (SSSR count). The molecular formula is C10H20O2Si. The Kier molecular flexibility index (Phi) is 4.69. The van der Waals surface area contributed by atoms with Gasteiger partial charge >= 0.3 is 0 Å². The summed E-state index contributed by atoms with van der Waals surface area (Å²) in [6, 6.07) is 0. The van der Waals surface area contributed by atoms with Gasteiger partial charge in [-0.2, -0.15) is 0 Å². The zero-order valence-electron chi connectivity index (χ0n) is 9.52. The summed E-state index contributed by atoms with van der Waals surface area (Å²) in [6.07, 6.45) is 0. The highest BCUT2D eigenvalue weighted by atomic mass is 28.3. The van der Waals surface area contributed by atoms with Gasteiger partial charge in [-0.1, -0.05) is 25.6 Å². The van der Waals surface area contributed by atoms with Gasteiger partial charge in [0, 0.05) is 7.11 Å². The van der Waals surface area contributed by atoms with Crippen LogP contribution < -0.4 is 0 Å². The highest BCUT2D eigenvalue weighted by Gasteiger charge is 2.15. The third-order valence-corrected chi connectivity index (χ3v) is 2.37. The van der Waals surface area contributed by atoms with Crippen LogP contribution >= 0.6 is 0 Å². The maximum absolute atomic E-state index is 5.40. The summed E-state index contributed by atoms with van der Waals surface area (Å²) in [5.41, 5.74) is 3.23. The fraction of sp³-hybridized carbons (Fsp3) is 0.800. The highest BCUT2D eigenvalue weighted by Crippen LogP contribution is 2.08. The van der Waals surface area contributed by atoms with Crippen LogP contribution in [0.4, 0.5) is 0 Å². The predicted molar refractivity (Wildman–Crippen MR) is 58.2 cm³/mol. The monoisotopic (exact) mass is 200 g/mol. The van der Waals surface area contributed by atoms with Crippen molar-refractivity contribution in [2.45, 2.75) is 39.3 Å². The largest absolute Gasteiger partial charge is 0.354 e. The Bertz CT molecular complexity index is 205. The van der Waals surface area contributed by atoms with Gasteiger partial charge in [-0.05, 0) is 13.8 Å². The van der Waals surface area contributed by atoms with Crippen molar-refractivity contribution in [1.29, 1.82) is 0 Å². The number of ether oxygens (including phenoxy) is 2. The SMILES string of the molecule is COC(C)(C)OCC#C[Si](C)(C)C. The molecule has 0 N–H and O–H groups in total. The van der Waals surface area contributed by atoms with E-state index in [2.05, 4.69) is 31.1 Å². The summed E-state index contributed by atoms with van der Waals surface area (Å²) in [7, 11) is 0.385. The Hall–Kier alpha value is -0.303. The van der Waals surface area contributed by atoms with Gasteiger partial charge in [0.25, 0.3) is 0 Å². The summed E-state index contributed by atoms with van der Waals surface area (Å²) in [4.78, 5) is 0. The third kappa shape index (κ3) is 8.04. The van der Waals surface area contributed by atoms with Crippen LogP contribution in [0, 0.1) is 11.5 Å². The van der Waals surface area contributed by atoms with Gasteiger partial charge in [0.05, 0.1) is 0 Å². The normalized spacial score (nSPS) is 12.2. The first-order valence-corrected chi connectivity index (χ1v) is 7.96. The second kappa shape index (κ2) is 4.80. The first-order chi connectivity index (χ1) is 5.77. The molecule has 0 fully saturated rings. The van der Waals surface area contributed by atoms with Crippen LogP contribution in [0.5, 0.6) is 0 Å². The number of methoxy groups -OCH3 is 1. The van der Waals surface area contributed by atoms with Crippen LogP contribution in [0.25, 0.3) is 0 Å². The van der Waals surface area contributed by atoms with Crippen molar-refractivity contribution in [2.75, 3.05) is 13.7 Å². The van der Waals surface area contributed by atoms with E-state index in [0.29, 0.717) is 6.61 Å². The van der Waals surface area contributed by atoms with Crippen molar-refractivity contribution in [1.82, 2.24) is 0 Å². The van der Waals surface area contributed by atoms with Crippen molar-refractivity contribution < 1.29 is 9.47 Å². The van der Waals surface area contributed by atoms with Crippen molar-refractivity contribution in [3.8, 4) is 11.5 Å². The Balaban J connectivity index is 3.85. The summed E-state index contributed by atoms with van der Waals surface area (Å²) < 4.78 is 10.5. The molecule has 0 saturated carbocycles. The molecule has 0 radical (unpaired) electrons. The van der Waals surface area contributed by atoms with Crippen LogP contribution in [0.2, 0.25) is 19.6 Å². The molecule has 0 unspecified atom stereocenters. The zero-order chi connectivity index (χ0) is 10.5. The molecular weight excluding hydrogens is 180 g/mol. The molecule has 0 aliphatic rings. The van der Waals surface area contributed by atoms with Crippen molar-refractivity contribution in [3.05, 3.63) is 0 Å². The highest BCUT2D eigenvalue weighted by molar-refractivity contribution is 6.83. The lowest BCUT2D eigenvalue weighted by atomic mass is 10.4. The lowest BCUT2D eigenvalue weighted by molar-refractivity contribution is -0.188. The molecule has 0 bridgehead atoms. The minimum absolute atomic E-state index is 0.450. The molecule has 0 aliphatic heterocycles. The molecule has 13 heavy (non-hydrogen) atoms. The van der Waals surface area contributed by atoms with Crippen LogP contribution in [0.15, 0.2) is 0 Å².